The molecule has 1 aliphatic heterocycles. The van der Waals surface area contributed by atoms with Crippen molar-refractivity contribution >= 4 is 23.7 Å². The molecule has 2 N–H and O–H groups in total. The van der Waals surface area contributed by atoms with E-state index < -0.39 is 29.3 Å². The van der Waals surface area contributed by atoms with Crippen LogP contribution in [0.15, 0.2) is 42.5 Å². The van der Waals surface area contributed by atoms with Crippen molar-refractivity contribution in [2.45, 2.75) is 39.2 Å². The fraction of sp³-hybridized carbons (Fsp3) is 0.280. The van der Waals surface area contributed by atoms with E-state index in [9.17, 15) is 19.2 Å². The lowest BCUT2D eigenvalue weighted by Crippen LogP contribution is -2.42. The highest BCUT2D eigenvalue weighted by Crippen LogP contribution is 2.30. The Labute approximate surface area is 191 Å². The highest BCUT2D eigenvalue weighted by atomic mass is 16.6. The number of imide groups is 1. The molecule has 0 fully saturated rings. The van der Waals surface area contributed by atoms with E-state index in [-0.39, 0.29) is 16.9 Å². The number of benzene rings is 2. The number of fused-ring (bicyclic) bond motifs is 1. The molecule has 170 valence electrons. The number of ketones is 1. The van der Waals surface area contributed by atoms with E-state index in [4.69, 9.17) is 9.47 Å². The highest BCUT2D eigenvalue weighted by Gasteiger charge is 2.33. The van der Waals surface area contributed by atoms with Crippen molar-refractivity contribution in [1.29, 1.82) is 0 Å². The van der Waals surface area contributed by atoms with Crippen LogP contribution >= 0.6 is 0 Å². The summed E-state index contributed by atoms with van der Waals surface area (Å²) in [6.45, 7) is 5.89. The third-order valence-electron chi connectivity index (χ3n) is 4.39. The maximum Gasteiger partial charge on any atom is 0.407 e. The SMILES string of the molecule is CC(C)(C)OC(=O)NCCCC#Cc1ccc(Oc2cccc3c2C(=O)NC(=O)C3=O)cc1. The predicted octanol–water partition coefficient (Wildman–Crippen LogP) is 3.59. The van der Waals surface area contributed by atoms with E-state index in [1.165, 1.54) is 6.07 Å². The number of hydrogen-bond donors (Lipinski definition) is 2. The van der Waals surface area contributed by atoms with Crippen LogP contribution in [0.3, 0.4) is 0 Å². The van der Waals surface area contributed by atoms with Crippen LogP contribution in [0.25, 0.3) is 0 Å². The Morgan fingerprint density at radius 1 is 1.03 bits per heavy atom. The molecule has 3 rings (SSSR count). The quantitative estimate of drug-likeness (QED) is 0.313. The molecular weight excluding hydrogens is 424 g/mol. The van der Waals surface area contributed by atoms with Crippen LogP contribution in [-0.2, 0) is 9.53 Å². The number of amides is 3. The molecule has 0 saturated heterocycles. The molecule has 0 radical (unpaired) electrons. The van der Waals surface area contributed by atoms with Crippen molar-refractivity contribution in [2.24, 2.45) is 0 Å². The molecule has 0 bridgehead atoms. The van der Waals surface area contributed by atoms with Crippen LogP contribution in [0.5, 0.6) is 11.5 Å². The number of Topliss-reactive ketones (excluding diaryl/α,β-unsaturated/α-hetero) is 1. The second-order valence-corrected chi connectivity index (χ2v) is 8.25. The van der Waals surface area contributed by atoms with Gasteiger partial charge in [0.05, 0.1) is 5.56 Å². The third kappa shape index (κ3) is 6.43. The lowest BCUT2D eigenvalue weighted by atomic mass is 9.98. The van der Waals surface area contributed by atoms with E-state index in [1.54, 1.807) is 36.4 Å². The monoisotopic (exact) mass is 448 g/mol. The van der Waals surface area contributed by atoms with Gasteiger partial charge in [-0.15, -0.1) is 0 Å². The van der Waals surface area contributed by atoms with Gasteiger partial charge in [0, 0.05) is 24.1 Å². The molecule has 0 spiro atoms. The Kier molecular flexibility index (Phi) is 7.13. The second-order valence-electron chi connectivity index (χ2n) is 8.25. The Morgan fingerprint density at radius 2 is 1.76 bits per heavy atom. The number of carbonyl (C=O) groups excluding carboxylic acids is 4. The zero-order valence-electron chi connectivity index (χ0n) is 18.6. The van der Waals surface area contributed by atoms with E-state index in [1.807, 2.05) is 26.1 Å². The summed E-state index contributed by atoms with van der Waals surface area (Å²) in [6.07, 6.45) is 0.848. The normalized spacial score (nSPS) is 12.8. The standard InChI is InChI=1S/C25H24N2O6/c1-25(2,3)33-24(31)26-15-6-4-5-8-16-11-13-17(14-12-16)32-19-10-7-9-18-20(19)22(29)27-23(30)21(18)28/h7,9-14H,4,6,15H2,1-3H3,(H,26,31)(H,27,29,30). The van der Waals surface area contributed by atoms with Gasteiger partial charge in [-0.1, -0.05) is 17.9 Å². The van der Waals surface area contributed by atoms with Gasteiger partial charge in [0.2, 0.25) is 0 Å². The molecule has 0 aromatic heterocycles. The van der Waals surface area contributed by atoms with Crippen molar-refractivity contribution in [3.63, 3.8) is 0 Å². The van der Waals surface area contributed by atoms with E-state index in [0.717, 1.165) is 5.56 Å². The van der Waals surface area contributed by atoms with E-state index in [2.05, 4.69) is 17.2 Å². The largest absolute Gasteiger partial charge is 0.457 e. The lowest BCUT2D eigenvalue weighted by Gasteiger charge is -2.19. The van der Waals surface area contributed by atoms with Gasteiger partial charge >= 0.3 is 6.09 Å². The molecule has 0 unspecified atom stereocenters. The average molecular weight is 448 g/mol. The Balaban J connectivity index is 1.54. The summed E-state index contributed by atoms with van der Waals surface area (Å²) in [6, 6.07) is 11.5. The van der Waals surface area contributed by atoms with Crippen LogP contribution in [0, 0.1) is 11.8 Å². The topological polar surface area (TPSA) is 111 Å². The molecule has 0 atom stereocenters. The smallest absolute Gasteiger partial charge is 0.407 e. The van der Waals surface area contributed by atoms with Gasteiger partial charge in [-0.25, -0.2) is 4.79 Å². The summed E-state index contributed by atoms with van der Waals surface area (Å²) in [7, 11) is 0. The Hall–Kier alpha value is -4.12. The lowest BCUT2D eigenvalue weighted by molar-refractivity contribution is -0.116. The average Bonchev–Trinajstić information content (AvgIpc) is 2.74. The van der Waals surface area contributed by atoms with Crippen LogP contribution < -0.4 is 15.4 Å². The van der Waals surface area contributed by atoms with Gasteiger partial charge in [-0.05, 0) is 63.6 Å². The number of rotatable bonds is 5. The van der Waals surface area contributed by atoms with Crippen molar-refractivity contribution in [1.82, 2.24) is 10.6 Å². The van der Waals surface area contributed by atoms with Crippen LogP contribution in [0.2, 0.25) is 0 Å². The highest BCUT2D eigenvalue weighted by molar-refractivity contribution is 6.49. The molecule has 2 aromatic rings. The summed E-state index contributed by atoms with van der Waals surface area (Å²) in [4.78, 5) is 47.3. The molecule has 3 amide bonds. The maximum absolute atomic E-state index is 12.2. The van der Waals surface area contributed by atoms with E-state index >= 15 is 0 Å². The summed E-state index contributed by atoms with van der Waals surface area (Å²) in [5.41, 5.74) is 0.301. The summed E-state index contributed by atoms with van der Waals surface area (Å²) in [5, 5.41) is 4.70. The molecule has 1 aliphatic rings. The van der Waals surface area contributed by atoms with Crippen molar-refractivity contribution in [3.8, 4) is 23.3 Å². The minimum Gasteiger partial charge on any atom is -0.457 e. The van der Waals surface area contributed by atoms with Gasteiger partial charge in [-0.3, -0.25) is 19.7 Å². The summed E-state index contributed by atoms with van der Waals surface area (Å²) in [5.74, 6) is 4.31. The Bertz CT molecular complexity index is 1150. The zero-order valence-corrected chi connectivity index (χ0v) is 18.6. The molecule has 2 aromatic carbocycles. The van der Waals surface area contributed by atoms with Crippen molar-refractivity contribution < 1.29 is 28.7 Å². The molecular formula is C25H24N2O6. The maximum atomic E-state index is 12.2. The van der Waals surface area contributed by atoms with Gasteiger partial charge in [-0.2, -0.15) is 0 Å². The zero-order chi connectivity index (χ0) is 24.0. The van der Waals surface area contributed by atoms with Crippen LogP contribution in [-0.4, -0.2) is 35.8 Å². The van der Waals surface area contributed by atoms with Gasteiger partial charge in [0.15, 0.2) is 0 Å². The molecule has 33 heavy (non-hydrogen) atoms. The number of alkyl carbamates (subject to hydrolysis) is 1. The van der Waals surface area contributed by atoms with Gasteiger partial charge in [0.1, 0.15) is 17.1 Å². The number of ether oxygens (including phenoxy) is 2. The van der Waals surface area contributed by atoms with Gasteiger partial charge < -0.3 is 14.8 Å². The molecule has 0 aliphatic carbocycles. The first kappa shape index (κ1) is 23.5. The third-order valence-corrected chi connectivity index (χ3v) is 4.39. The molecule has 8 heteroatoms. The first-order valence-corrected chi connectivity index (χ1v) is 10.4. The van der Waals surface area contributed by atoms with E-state index in [0.29, 0.717) is 25.1 Å². The Morgan fingerprint density at radius 3 is 2.45 bits per heavy atom. The second kappa shape index (κ2) is 10.0. The summed E-state index contributed by atoms with van der Waals surface area (Å²) < 4.78 is 10.9. The van der Waals surface area contributed by atoms with Crippen LogP contribution in [0.4, 0.5) is 4.79 Å². The molecule has 8 nitrogen and oxygen atoms in total. The number of unbranched alkanes of at least 4 members (excludes halogenated alkanes) is 1. The van der Waals surface area contributed by atoms with Crippen molar-refractivity contribution in [3.05, 3.63) is 59.2 Å². The minimum atomic E-state index is -0.951. The molecule has 1 heterocycles. The first-order valence-electron chi connectivity index (χ1n) is 10.4. The van der Waals surface area contributed by atoms with Crippen LogP contribution in [0.1, 0.15) is 59.9 Å². The fourth-order valence-electron chi connectivity index (χ4n) is 2.96. The number of nitrogens with one attached hydrogen (secondary N) is 2. The minimum absolute atomic E-state index is 0.0184. The number of hydrogen-bond acceptors (Lipinski definition) is 6. The van der Waals surface area contributed by atoms with Gasteiger partial charge in [0.25, 0.3) is 17.6 Å². The fourth-order valence-corrected chi connectivity index (χ4v) is 2.96. The van der Waals surface area contributed by atoms with Crippen molar-refractivity contribution in [2.75, 3.05) is 6.54 Å². The first-order chi connectivity index (χ1) is 15.6. The predicted molar refractivity (Wildman–Crippen MR) is 120 cm³/mol. The number of carbonyl (C=O) groups is 4. The summed E-state index contributed by atoms with van der Waals surface area (Å²) >= 11 is 0. The molecule has 0 saturated carbocycles.